The van der Waals surface area contributed by atoms with E-state index in [0.717, 1.165) is 16.5 Å². The lowest BCUT2D eigenvalue weighted by Crippen LogP contribution is -1.98. The molecule has 0 aromatic carbocycles. The molecule has 4 heteroatoms. The van der Waals surface area contributed by atoms with Crippen LogP contribution < -0.4 is 5.32 Å². The Morgan fingerprint density at radius 1 is 1.62 bits per heavy atom. The summed E-state index contributed by atoms with van der Waals surface area (Å²) in [5.41, 5.74) is 0.978. The molecule has 0 atom stereocenters. The first-order valence-electron chi connectivity index (χ1n) is 4.03. The lowest BCUT2D eigenvalue weighted by Gasteiger charge is -2.03. The monoisotopic (exact) mass is 195 g/mol. The molecule has 70 valence electrons. The van der Waals surface area contributed by atoms with Crippen LogP contribution in [0.5, 0.6) is 0 Å². The minimum atomic E-state index is 0.673. The number of thioether (sulfide) groups is 1. The number of nitrogens with one attached hydrogen (secondary N) is 1. The molecular weight excluding hydrogens is 182 g/mol. The summed E-state index contributed by atoms with van der Waals surface area (Å²) in [7, 11) is 1.82. The Kier molecular flexibility index (Phi) is 3.76. The van der Waals surface area contributed by atoms with E-state index in [2.05, 4.69) is 21.9 Å². The molecule has 13 heavy (non-hydrogen) atoms. The van der Waals surface area contributed by atoms with E-state index in [1.807, 2.05) is 26.1 Å². The van der Waals surface area contributed by atoms with Gasteiger partial charge in [-0.15, -0.1) is 18.3 Å². The quantitative estimate of drug-likeness (QED) is 0.453. The van der Waals surface area contributed by atoms with E-state index in [1.165, 1.54) is 0 Å². The fourth-order valence-corrected chi connectivity index (χ4v) is 1.56. The van der Waals surface area contributed by atoms with Crippen molar-refractivity contribution < 1.29 is 0 Å². The summed E-state index contributed by atoms with van der Waals surface area (Å²) >= 11 is 1.65. The molecule has 1 rings (SSSR count). The summed E-state index contributed by atoms with van der Waals surface area (Å²) in [4.78, 5) is 8.48. The molecule has 0 bridgehead atoms. The second kappa shape index (κ2) is 4.87. The van der Waals surface area contributed by atoms with E-state index >= 15 is 0 Å². The summed E-state index contributed by atoms with van der Waals surface area (Å²) in [6.07, 6.45) is 1.86. The maximum Gasteiger partial charge on any atom is 0.223 e. The van der Waals surface area contributed by atoms with Crippen LogP contribution in [-0.4, -0.2) is 22.8 Å². The first-order chi connectivity index (χ1) is 6.26. The molecule has 3 nitrogen and oxygen atoms in total. The zero-order chi connectivity index (χ0) is 9.68. The molecule has 1 N–H and O–H groups in total. The average molecular weight is 195 g/mol. The van der Waals surface area contributed by atoms with Crippen LogP contribution in [0.1, 0.15) is 5.69 Å². The first-order valence-corrected chi connectivity index (χ1v) is 5.02. The number of hydrogen-bond donors (Lipinski definition) is 1. The van der Waals surface area contributed by atoms with Crippen LogP contribution in [0, 0.1) is 6.92 Å². The number of rotatable bonds is 4. The van der Waals surface area contributed by atoms with Crippen molar-refractivity contribution in [3.8, 4) is 0 Å². The number of aryl methyl sites for hydroxylation is 1. The Bertz CT molecular complexity index is 299. The van der Waals surface area contributed by atoms with Crippen molar-refractivity contribution in [2.75, 3.05) is 18.1 Å². The van der Waals surface area contributed by atoms with Crippen LogP contribution in [0.15, 0.2) is 23.7 Å². The third-order valence-electron chi connectivity index (χ3n) is 1.40. The van der Waals surface area contributed by atoms with Crippen LogP contribution in [0.4, 0.5) is 5.95 Å². The van der Waals surface area contributed by atoms with Gasteiger partial charge < -0.3 is 5.32 Å². The van der Waals surface area contributed by atoms with Gasteiger partial charge in [-0.3, -0.25) is 0 Å². The van der Waals surface area contributed by atoms with Crippen LogP contribution in [0.25, 0.3) is 0 Å². The van der Waals surface area contributed by atoms with Crippen molar-refractivity contribution in [1.82, 2.24) is 9.97 Å². The van der Waals surface area contributed by atoms with E-state index in [9.17, 15) is 0 Å². The van der Waals surface area contributed by atoms with Crippen LogP contribution in [0.2, 0.25) is 0 Å². The Balaban J connectivity index is 2.81. The Morgan fingerprint density at radius 3 is 3.00 bits per heavy atom. The minimum absolute atomic E-state index is 0.673. The average Bonchev–Trinajstić information content (AvgIpc) is 2.14. The molecule has 1 heterocycles. The lowest BCUT2D eigenvalue weighted by molar-refractivity contribution is 1.01. The zero-order valence-electron chi connectivity index (χ0n) is 7.87. The molecule has 0 unspecified atom stereocenters. The number of aromatic nitrogens is 2. The molecular formula is C9H13N3S. The largest absolute Gasteiger partial charge is 0.357 e. The van der Waals surface area contributed by atoms with Gasteiger partial charge in [0.2, 0.25) is 5.95 Å². The molecule has 0 amide bonds. The van der Waals surface area contributed by atoms with Gasteiger partial charge in [-0.25, -0.2) is 9.97 Å². The van der Waals surface area contributed by atoms with Gasteiger partial charge in [-0.1, -0.05) is 6.08 Å². The van der Waals surface area contributed by atoms with Crippen LogP contribution in [0.3, 0.4) is 0 Å². The highest BCUT2D eigenvalue weighted by molar-refractivity contribution is 7.99. The standard InChI is InChI=1S/C9H13N3S/c1-4-5-13-8-6-7(2)11-9(10-3)12-8/h4,6H,1,5H2,2-3H3,(H,10,11,12). The molecule has 0 aliphatic heterocycles. The van der Waals surface area contributed by atoms with E-state index in [1.54, 1.807) is 11.8 Å². The number of anilines is 1. The predicted octanol–water partition coefficient (Wildman–Crippen LogP) is 2.10. The first kappa shape index (κ1) is 10.1. The normalized spacial score (nSPS) is 9.69. The van der Waals surface area contributed by atoms with Crippen molar-refractivity contribution >= 4 is 17.7 Å². The van der Waals surface area contributed by atoms with E-state index < -0.39 is 0 Å². The van der Waals surface area contributed by atoms with Gasteiger partial charge in [0.15, 0.2) is 0 Å². The fourth-order valence-electron chi connectivity index (χ4n) is 0.870. The minimum Gasteiger partial charge on any atom is -0.357 e. The third-order valence-corrected chi connectivity index (χ3v) is 2.31. The maximum atomic E-state index is 4.28. The maximum absolute atomic E-state index is 4.28. The molecule has 0 aliphatic rings. The topological polar surface area (TPSA) is 37.8 Å². The van der Waals surface area contributed by atoms with Gasteiger partial charge in [0, 0.05) is 18.5 Å². The van der Waals surface area contributed by atoms with E-state index in [4.69, 9.17) is 0 Å². The third kappa shape index (κ3) is 3.06. The summed E-state index contributed by atoms with van der Waals surface area (Å²) in [6.45, 7) is 5.62. The Labute approximate surface area is 82.7 Å². The second-order valence-corrected chi connectivity index (χ2v) is 3.56. The Morgan fingerprint density at radius 2 is 2.38 bits per heavy atom. The molecule has 0 fully saturated rings. The molecule has 0 aliphatic carbocycles. The van der Waals surface area contributed by atoms with Gasteiger partial charge in [0.25, 0.3) is 0 Å². The predicted molar refractivity (Wildman–Crippen MR) is 57.2 cm³/mol. The molecule has 1 aromatic heterocycles. The summed E-state index contributed by atoms with van der Waals surface area (Å²) in [6, 6.07) is 1.97. The molecule has 0 radical (unpaired) electrons. The smallest absolute Gasteiger partial charge is 0.223 e. The van der Waals surface area contributed by atoms with Gasteiger partial charge in [-0.05, 0) is 13.0 Å². The molecule has 0 saturated carbocycles. The highest BCUT2D eigenvalue weighted by Gasteiger charge is 1.99. The SMILES string of the molecule is C=CCSc1cc(C)nc(NC)n1. The van der Waals surface area contributed by atoms with Crippen molar-refractivity contribution in [2.45, 2.75) is 11.9 Å². The summed E-state index contributed by atoms with van der Waals surface area (Å²) in [5.74, 6) is 1.55. The highest BCUT2D eigenvalue weighted by atomic mass is 32.2. The second-order valence-electron chi connectivity index (χ2n) is 2.52. The van der Waals surface area contributed by atoms with Gasteiger partial charge in [-0.2, -0.15) is 0 Å². The van der Waals surface area contributed by atoms with Gasteiger partial charge in [0.1, 0.15) is 5.03 Å². The van der Waals surface area contributed by atoms with Crippen LogP contribution >= 0.6 is 11.8 Å². The van der Waals surface area contributed by atoms with E-state index in [0.29, 0.717) is 5.95 Å². The lowest BCUT2D eigenvalue weighted by atomic mass is 10.5. The van der Waals surface area contributed by atoms with Gasteiger partial charge in [0.05, 0.1) is 0 Å². The molecule has 1 aromatic rings. The van der Waals surface area contributed by atoms with Crippen molar-refractivity contribution in [3.63, 3.8) is 0 Å². The zero-order valence-corrected chi connectivity index (χ0v) is 8.69. The van der Waals surface area contributed by atoms with Crippen LogP contribution in [-0.2, 0) is 0 Å². The molecule has 0 spiro atoms. The number of hydrogen-bond acceptors (Lipinski definition) is 4. The summed E-state index contributed by atoms with van der Waals surface area (Å²) < 4.78 is 0. The van der Waals surface area contributed by atoms with Crippen molar-refractivity contribution in [3.05, 3.63) is 24.4 Å². The number of nitrogens with zero attached hydrogens (tertiary/aromatic N) is 2. The van der Waals surface area contributed by atoms with E-state index in [-0.39, 0.29) is 0 Å². The highest BCUT2D eigenvalue weighted by Crippen LogP contribution is 2.17. The summed E-state index contributed by atoms with van der Waals surface area (Å²) in [5, 5.41) is 3.91. The van der Waals surface area contributed by atoms with Gasteiger partial charge >= 0.3 is 0 Å². The van der Waals surface area contributed by atoms with Crippen molar-refractivity contribution in [2.24, 2.45) is 0 Å². The fraction of sp³-hybridized carbons (Fsp3) is 0.333. The molecule has 0 saturated heterocycles. The van der Waals surface area contributed by atoms with Crippen molar-refractivity contribution in [1.29, 1.82) is 0 Å². The Hall–Kier alpha value is -1.03.